The minimum Gasteiger partial charge on any atom is -0.427 e. The summed E-state index contributed by atoms with van der Waals surface area (Å²) in [7, 11) is 0. The van der Waals surface area contributed by atoms with E-state index in [0.29, 0.717) is 17.1 Å². The van der Waals surface area contributed by atoms with Gasteiger partial charge in [0.05, 0.1) is 11.5 Å². The highest BCUT2D eigenvalue weighted by Gasteiger charge is 2.35. The molecule has 2 aliphatic rings. The molecule has 1 fully saturated rings. The number of carbonyl (C=O) groups excluding carboxylic acids is 3. The van der Waals surface area contributed by atoms with E-state index in [2.05, 4.69) is 0 Å². The Hall–Kier alpha value is -3.73. The first-order valence-corrected chi connectivity index (χ1v) is 12.1. The van der Waals surface area contributed by atoms with E-state index in [1.807, 2.05) is 48.5 Å². The second-order valence-electron chi connectivity index (χ2n) is 9.18. The molecular weight excluding hydrogens is 440 g/mol. The fourth-order valence-corrected chi connectivity index (χ4v) is 4.93. The van der Waals surface area contributed by atoms with Gasteiger partial charge in [0, 0.05) is 12.3 Å². The summed E-state index contributed by atoms with van der Waals surface area (Å²) >= 11 is 0. The van der Waals surface area contributed by atoms with Crippen molar-refractivity contribution >= 4 is 17.7 Å². The molecular formula is C30H30O5. The third kappa shape index (κ3) is 5.68. The van der Waals surface area contributed by atoms with Gasteiger partial charge >= 0.3 is 11.9 Å². The van der Waals surface area contributed by atoms with Gasteiger partial charge in [-0.1, -0.05) is 67.8 Å². The average Bonchev–Trinajstić information content (AvgIpc) is 3.12. The number of allylic oxidation sites excluding steroid dienone is 4. The van der Waals surface area contributed by atoms with Gasteiger partial charge < -0.3 is 9.47 Å². The van der Waals surface area contributed by atoms with Gasteiger partial charge in [0.25, 0.3) is 0 Å². The van der Waals surface area contributed by atoms with Crippen LogP contribution in [0.15, 0.2) is 84.5 Å². The number of benzene rings is 2. The second-order valence-corrected chi connectivity index (χ2v) is 9.18. The molecule has 1 atom stereocenters. The summed E-state index contributed by atoms with van der Waals surface area (Å²) < 4.78 is 10.8. The maximum atomic E-state index is 12.7. The van der Waals surface area contributed by atoms with Gasteiger partial charge in [-0.25, -0.2) is 4.79 Å². The largest absolute Gasteiger partial charge is 0.427 e. The van der Waals surface area contributed by atoms with Crippen LogP contribution in [0.1, 0.15) is 57.1 Å². The standard InChI is InChI=1S/C30H30O5/c1-21(31)23-7-6-8-24(10-9-23)29(33)35-28-17-13-26(14-18-28)30(19-4-3-5-20-30)25-11-15-27(16-12-25)34-22(2)32/h6-18,23H,3-5,19-20H2,1-2H3. The first kappa shape index (κ1) is 24.4. The molecule has 0 bridgehead atoms. The zero-order valence-electron chi connectivity index (χ0n) is 20.2. The van der Waals surface area contributed by atoms with Crippen LogP contribution in [0.25, 0.3) is 0 Å². The molecule has 2 aromatic rings. The van der Waals surface area contributed by atoms with Gasteiger partial charge in [0.15, 0.2) is 0 Å². The van der Waals surface area contributed by atoms with E-state index >= 15 is 0 Å². The summed E-state index contributed by atoms with van der Waals surface area (Å²) in [6.07, 6.45) is 14.0. The van der Waals surface area contributed by atoms with Crippen LogP contribution in [0.4, 0.5) is 0 Å². The molecule has 0 spiro atoms. The quantitative estimate of drug-likeness (QED) is 0.381. The van der Waals surface area contributed by atoms with E-state index in [4.69, 9.17) is 9.47 Å². The topological polar surface area (TPSA) is 69.7 Å². The molecule has 0 heterocycles. The van der Waals surface area contributed by atoms with Crippen LogP contribution in [0, 0.1) is 5.92 Å². The highest BCUT2D eigenvalue weighted by Crippen LogP contribution is 2.45. The van der Waals surface area contributed by atoms with Crippen molar-refractivity contribution in [2.45, 2.75) is 51.4 Å². The van der Waals surface area contributed by atoms with Gasteiger partial charge in [0.1, 0.15) is 17.3 Å². The number of rotatable bonds is 6. The SMILES string of the molecule is CC(=O)Oc1ccc(C2(c3ccc(OC(=O)C4=CC=CC(C(C)=O)C=C4)cc3)CCCCC2)cc1. The number of esters is 2. The summed E-state index contributed by atoms with van der Waals surface area (Å²) in [5, 5.41) is 0. The first-order valence-electron chi connectivity index (χ1n) is 12.1. The highest BCUT2D eigenvalue weighted by molar-refractivity contribution is 5.94. The van der Waals surface area contributed by atoms with Gasteiger partial charge in [-0.2, -0.15) is 0 Å². The van der Waals surface area contributed by atoms with Crippen LogP contribution in [-0.4, -0.2) is 17.7 Å². The normalized spacial score (nSPS) is 18.8. The van der Waals surface area contributed by atoms with Crippen LogP contribution < -0.4 is 9.47 Å². The lowest BCUT2D eigenvalue weighted by Crippen LogP contribution is -2.30. The van der Waals surface area contributed by atoms with Crippen LogP contribution in [0.5, 0.6) is 11.5 Å². The van der Waals surface area contributed by atoms with Crippen LogP contribution in [0.3, 0.4) is 0 Å². The highest BCUT2D eigenvalue weighted by atomic mass is 16.5. The Morgan fingerprint density at radius 2 is 1.34 bits per heavy atom. The summed E-state index contributed by atoms with van der Waals surface area (Å²) in [6.45, 7) is 2.92. The summed E-state index contributed by atoms with van der Waals surface area (Å²) in [5.74, 6) is -0.0860. The molecule has 0 N–H and O–H groups in total. The fraction of sp³-hybridized carbons (Fsp3) is 0.300. The van der Waals surface area contributed by atoms with Gasteiger partial charge in [-0.3, -0.25) is 9.59 Å². The van der Waals surface area contributed by atoms with E-state index < -0.39 is 5.97 Å². The van der Waals surface area contributed by atoms with Crippen LogP contribution in [0.2, 0.25) is 0 Å². The number of ketones is 1. The minimum atomic E-state index is -0.462. The Bertz CT molecular complexity index is 1180. The van der Waals surface area contributed by atoms with Gasteiger partial charge in [-0.15, -0.1) is 0 Å². The predicted molar refractivity (Wildman–Crippen MR) is 134 cm³/mol. The number of carbonyl (C=O) groups is 3. The Morgan fingerprint density at radius 3 is 1.89 bits per heavy atom. The maximum Gasteiger partial charge on any atom is 0.343 e. The molecule has 0 aromatic heterocycles. The van der Waals surface area contributed by atoms with Gasteiger partial charge in [0.2, 0.25) is 0 Å². The maximum absolute atomic E-state index is 12.7. The number of hydrogen-bond donors (Lipinski definition) is 0. The Balaban J connectivity index is 1.53. The molecule has 35 heavy (non-hydrogen) atoms. The monoisotopic (exact) mass is 470 g/mol. The predicted octanol–water partition coefficient (Wildman–Crippen LogP) is 6.03. The first-order chi connectivity index (χ1) is 16.9. The van der Waals surface area contributed by atoms with Crippen molar-refractivity contribution in [2.24, 2.45) is 5.92 Å². The molecule has 0 amide bonds. The Morgan fingerprint density at radius 1 is 0.771 bits per heavy atom. The lowest BCUT2D eigenvalue weighted by atomic mass is 9.65. The van der Waals surface area contributed by atoms with Gasteiger partial charge in [-0.05, 0) is 61.2 Å². The third-order valence-electron chi connectivity index (χ3n) is 6.78. The summed E-state index contributed by atoms with van der Waals surface area (Å²) in [6, 6.07) is 15.5. The van der Waals surface area contributed by atoms with Crippen molar-refractivity contribution in [1.82, 2.24) is 0 Å². The van der Waals surface area contributed by atoms with Crippen molar-refractivity contribution in [3.05, 3.63) is 95.6 Å². The second kappa shape index (κ2) is 10.7. The minimum absolute atomic E-state index is 0.0220. The third-order valence-corrected chi connectivity index (χ3v) is 6.78. The number of hydrogen-bond acceptors (Lipinski definition) is 5. The molecule has 5 nitrogen and oxygen atoms in total. The summed E-state index contributed by atoms with van der Waals surface area (Å²) in [5.41, 5.74) is 2.64. The molecule has 1 unspecified atom stereocenters. The smallest absolute Gasteiger partial charge is 0.343 e. The van der Waals surface area contributed by atoms with Crippen molar-refractivity contribution in [3.8, 4) is 11.5 Å². The molecule has 2 aliphatic carbocycles. The number of Topliss-reactive ketones (excluding diaryl/α,β-unsaturated/α-hetero) is 1. The molecule has 0 saturated heterocycles. The van der Waals surface area contributed by atoms with Crippen molar-refractivity contribution < 1.29 is 23.9 Å². The molecule has 2 aromatic carbocycles. The molecule has 1 saturated carbocycles. The van der Waals surface area contributed by atoms with E-state index in [0.717, 1.165) is 25.7 Å². The summed E-state index contributed by atoms with van der Waals surface area (Å²) in [4.78, 5) is 35.6. The molecule has 0 radical (unpaired) electrons. The zero-order valence-corrected chi connectivity index (χ0v) is 20.2. The van der Waals surface area contributed by atoms with E-state index in [-0.39, 0.29) is 23.1 Å². The van der Waals surface area contributed by atoms with Crippen LogP contribution in [-0.2, 0) is 19.8 Å². The molecule has 4 rings (SSSR count). The average molecular weight is 471 g/mol. The van der Waals surface area contributed by atoms with Crippen molar-refractivity contribution in [2.75, 3.05) is 0 Å². The van der Waals surface area contributed by atoms with E-state index in [9.17, 15) is 14.4 Å². The number of ether oxygens (including phenoxy) is 2. The molecule has 180 valence electrons. The van der Waals surface area contributed by atoms with Crippen molar-refractivity contribution in [1.29, 1.82) is 0 Å². The zero-order chi connectivity index (χ0) is 24.8. The van der Waals surface area contributed by atoms with E-state index in [1.165, 1.54) is 31.4 Å². The van der Waals surface area contributed by atoms with Crippen LogP contribution >= 0.6 is 0 Å². The molecule has 0 aliphatic heterocycles. The fourth-order valence-electron chi connectivity index (χ4n) is 4.93. The lowest BCUT2D eigenvalue weighted by molar-refractivity contribution is -0.132. The lowest BCUT2D eigenvalue weighted by Gasteiger charge is -2.38. The van der Waals surface area contributed by atoms with Crippen molar-refractivity contribution in [3.63, 3.8) is 0 Å². The Kier molecular flexibility index (Phi) is 7.45. The van der Waals surface area contributed by atoms with E-state index in [1.54, 1.807) is 30.4 Å². The Labute approximate surface area is 206 Å². The molecule has 5 heteroatoms.